The number of rotatable bonds is 7. The monoisotopic (exact) mass is 476 g/mol. The maximum atomic E-state index is 12.9. The molecule has 3 aromatic rings. The fourth-order valence-electron chi connectivity index (χ4n) is 5.23. The van der Waals surface area contributed by atoms with Gasteiger partial charge in [-0.15, -0.1) is 22.6 Å². The molecule has 176 valence electrons. The number of aromatic nitrogens is 3. The summed E-state index contributed by atoms with van der Waals surface area (Å²) in [5.41, 5.74) is 1.63. The molecule has 0 unspecified atom stereocenters. The Bertz CT molecular complexity index is 1080. The maximum Gasteiger partial charge on any atom is 0.416 e. The first-order chi connectivity index (χ1) is 15.4. The van der Waals surface area contributed by atoms with Crippen LogP contribution in [-0.2, 0) is 25.1 Å². The van der Waals surface area contributed by atoms with E-state index in [0.717, 1.165) is 68.1 Å². The Morgan fingerprint density at radius 1 is 1.00 bits per heavy atom. The van der Waals surface area contributed by atoms with E-state index in [0.29, 0.717) is 5.92 Å². The smallest absolute Gasteiger partial charge is 0.314 e. The van der Waals surface area contributed by atoms with E-state index in [-0.39, 0.29) is 17.8 Å². The molecule has 8 heteroatoms. The molecule has 1 aromatic heterocycles. The first-order valence-corrected chi connectivity index (χ1v) is 11.2. The van der Waals surface area contributed by atoms with Gasteiger partial charge in [0.2, 0.25) is 0 Å². The van der Waals surface area contributed by atoms with Gasteiger partial charge in [0.25, 0.3) is 0 Å². The zero-order valence-corrected chi connectivity index (χ0v) is 19.4. The van der Waals surface area contributed by atoms with Gasteiger partial charge in [-0.1, -0.05) is 42.5 Å². The van der Waals surface area contributed by atoms with E-state index >= 15 is 0 Å². The molecule has 0 N–H and O–H groups in total. The van der Waals surface area contributed by atoms with Gasteiger partial charge in [0.05, 0.1) is 5.56 Å². The number of fused-ring (bicyclic) bond motifs is 1. The normalized spacial score (nSPS) is 22.1. The Morgan fingerprint density at radius 3 is 2.42 bits per heavy atom. The van der Waals surface area contributed by atoms with Crippen molar-refractivity contribution in [2.75, 3.05) is 19.6 Å². The van der Waals surface area contributed by atoms with Crippen molar-refractivity contribution in [3.05, 3.63) is 71.5 Å². The Labute approximate surface area is 198 Å². The molecule has 33 heavy (non-hydrogen) atoms. The molecular formula is C25H28ClF3N4. The molecule has 1 saturated carbocycles. The van der Waals surface area contributed by atoms with Gasteiger partial charge in [-0.05, 0) is 49.4 Å². The first kappa shape index (κ1) is 23.8. The van der Waals surface area contributed by atoms with Crippen molar-refractivity contribution >= 4 is 12.4 Å². The second kappa shape index (κ2) is 9.11. The van der Waals surface area contributed by atoms with Crippen LogP contribution in [0.25, 0.3) is 11.4 Å². The largest absolute Gasteiger partial charge is 0.416 e. The number of likely N-dealkylation sites (tertiary alicyclic amines) is 1. The van der Waals surface area contributed by atoms with Gasteiger partial charge < -0.3 is 9.47 Å². The molecular weight excluding hydrogens is 449 g/mol. The van der Waals surface area contributed by atoms with Gasteiger partial charge in [-0.2, -0.15) is 13.2 Å². The highest BCUT2D eigenvalue weighted by Crippen LogP contribution is 2.59. The molecule has 0 spiro atoms. The summed E-state index contributed by atoms with van der Waals surface area (Å²) in [5.74, 6) is 2.46. The third-order valence-electron chi connectivity index (χ3n) is 7.13. The highest BCUT2D eigenvalue weighted by molar-refractivity contribution is 5.85. The van der Waals surface area contributed by atoms with E-state index in [1.807, 2.05) is 37.4 Å². The van der Waals surface area contributed by atoms with Crippen LogP contribution in [0.1, 0.15) is 36.2 Å². The number of unbranched alkanes of at least 4 members (excludes halogenated alkanes) is 1. The summed E-state index contributed by atoms with van der Waals surface area (Å²) in [6, 6.07) is 15.9. The zero-order valence-electron chi connectivity index (χ0n) is 18.6. The summed E-state index contributed by atoms with van der Waals surface area (Å²) in [6.45, 7) is 3.01. The van der Waals surface area contributed by atoms with Crippen LogP contribution < -0.4 is 0 Å². The number of hydrogen-bond donors (Lipinski definition) is 0. The number of halogens is 4. The minimum atomic E-state index is -4.27. The van der Waals surface area contributed by atoms with Crippen LogP contribution in [0.15, 0.2) is 54.6 Å². The van der Waals surface area contributed by atoms with E-state index in [1.165, 1.54) is 12.1 Å². The highest BCUT2D eigenvalue weighted by Gasteiger charge is 2.60. The van der Waals surface area contributed by atoms with E-state index in [1.54, 1.807) is 12.1 Å². The average Bonchev–Trinajstić information content (AvgIpc) is 3.16. The minimum absolute atomic E-state index is 0. The van der Waals surface area contributed by atoms with Crippen molar-refractivity contribution in [3.63, 3.8) is 0 Å². The highest BCUT2D eigenvalue weighted by atomic mass is 35.5. The Balaban J connectivity index is 0.00000259. The van der Waals surface area contributed by atoms with Crippen molar-refractivity contribution in [1.29, 1.82) is 0 Å². The van der Waals surface area contributed by atoms with E-state index in [2.05, 4.69) is 19.7 Å². The molecule has 4 nitrogen and oxygen atoms in total. The van der Waals surface area contributed by atoms with Crippen molar-refractivity contribution in [1.82, 2.24) is 19.7 Å². The van der Waals surface area contributed by atoms with Gasteiger partial charge in [0.15, 0.2) is 5.82 Å². The van der Waals surface area contributed by atoms with Gasteiger partial charge >= 0.3 is 6.18 Å². The molecule has 2 fully saturated rings. The van der Waals surface area contributed by atoms with E-state index in [4.69, 9.17) is 0 Å². The van der Waals surface area contributed by atoms with Crippen molar-refractivity contribution in [2.45, 2.75) is 37.3 Å². The molecule has 0 radical (unpaired) electrons. The summed E-state index contributed by atoms with van der Waals surface area (Å²) >= 11 is 0. The number of piperidine rings is 1. The molecule has 1 saturated heterocycles. The Kier molecular flexibility index (Phi) is 6.56. The summed E-state index contributed by atoms with van der Waals surface area (Å²) in [7, 11) is 2.01. The Morgan fingerprint density at radius 2 is 1.73 bits per heavy atom. The third kappa shape index (κ3) is 4.66. The number of aryl methyl sites for hydroxylation is 1. The van der Waals surface area contributed by atoms with Crippen LogP contribution in [0.4, 0.5) is 13.2 Å². The standard InChI is InChI=1S/C25H27F3N4.ClH/c1-31-22(29-30-23(31)18-7-3-2-4-8-18)9-5-6-14-32-16-21-15-24(21,17-32)19-10-12-20(13-11-19)25(26,27)28;/h2-4,7-8,10-13,21H,5-6,9,14-17H2,1H3;1H/t21-,24+;/m0./s1. The second-order valence-corrected chi connectivity index (χ2v) is 9.19. The fourth-order valence-corrected chi connectivity index (χ4v) is 5.23. The second-order valence-electron chi connectivity index (χ2n) is 9.19. The van der Waals surface area contributed by atoms with E-state index < -0.39 is 11.7 Å². The molecule has 2 atom stereocenters. The topological polar surface area (TPSA) is 34.0 Å². The van der Waals surface area contributed by atoms with Crippen LogP contribution in [0.2, 0.25) is 0 Å². The summed E-state index contributed by atoms with van der Waals surface area (Å²) in [6.07, 6.45) is -0.183. The first-order valence-electron chi connectivity index (χ1n) is 11.2. The summed E-state index contributed by atoms with van der Waals surface area (Å²) in [5, 5.41) is 8.73. The molecule has 2 heterocycles. The Hall–Kier alpha value is -2.38. The lowest BCUT2D eigenvalue weighted by Gasteiger charge is -2.21. The van der Waals surface area contributed by atoms with Crippen molar-refractivity contribution in [2.24, 2.45) is 13.0 Å². The van der Waals surface area contributed by atoms with Gasteiger partial charge in [-0.25, -0.2) is 0 Å². The lowest BCUT2D eigenvalue weighted by molar-refractivity contribution is -0.137. The molecule has 0 amide bonds. The molecule has 2 aliphatic rings. The quantitative estimate of drug-likeness (QED) is 0.421. The van der Waals surface area contributed by atoms with Gasteiger partial charge in [0.1, 0.15) is 5.82 Å². The predicted octanol–water partition coefficient (Wildman–Crippen LogP) is 5.52. The maximum absolute atomic E-state index is 12.9. The number of benzene rings is 2. The van der Waals surface area contributed by atoms with Crippen molar-refractivity contribution in [3.8, 4) is 11.4 Å². The minimum Gasteiger partial charge on any atom is -0.314 e. The summed E-state index contributed by atoms with van der Waals surface area (Å²) in [4.78, 5) is 2.47. The number of alkyl halides is 3. The number of nitrogens with zero attached hydrogens (tertiary/aromatic N) is 4. The van der Waals surface area contributed by atoms with Crippen LogP contribution in [0.3, 0.4) is 0 Å². The molecule has 0 bridgehead atoms. The predicted molar refractivity (Wildman–Crippen MR) is 124 cm³/mol. The fraction of sp³-hybridized carbons (Fsp3) is 0.440. The van der Waals surface area contributed by atoms with Crippen molar-refractivity contribution < 1.29 is 13.2 Å². The zero-order chi connectivity index (χ0) is 22.3. The van der Waals surface area contributed by atoms with Crippen LogP contribution in [-0.4, -0.2) is 39.3 Å². The molecule has 1 aliphatic carbocycles. The van der Waals surface area contributed by atoms with Crippen LogP contribution in [0, 0.1) is 5.92 Å². The van der Waals surface area contributed by atoms with Gasteiger partial charge in [0, 0.05) is 37.5 Å². The van der Waals surface area contributed by atoms with Gasteiger partial charge in [-0.3, -0.25) is 0 Å². The lowest BCUT2D eigenvalue weighted by Crippen LogP contribution is -2.27. The summed E-state index contributed by atoms with van der Waals surface area (Å²) < 4.78 is 40.6. The van der Waals surface area contributed by atoms with Crippen LogP contribution >= 0.6 is 12.4 Å². The molecule has 2 aromatic carbocycles. The molecule has 5 rings (SSSR count). The van der Waals surface area contributed by atoms with Crippen LogP contribution in [0.5, 0.6) is 0 Å². The number of hydrogen-bond acceptors (Lipinski definition) is 3. The van der Waals surface area contributed by atoms with E-state index in [9.17, 15) is 13.2 Å². The SMILES string of the molecule is Cl.Cn1c(CCCCN2C[C@@H]3C[C@]3(c3ccc(C(F)(F)F)cc3)C2)nnc1-c1ccccc1. The third-order valence-corrected chi connectivity index (χ3v) is 7.13. The lowest BCUT2D eigenvalue weighted by atomic mass is 9.94. The molecule has 1 aliphatic heterocycles. The average molecular weight is 477 g/mol.